The number of benzene rings is 2. The van der Waals surface area contributed by atoms with E-state index in [0.29, 0.717) is 12.2 Å². The van der Waals surface area contributed by atoms with Crippen LogP contribution < -0.4 is 5.32 Å². The fraction of sp³-hybridized carbons (Fsp3) is 0.200. The molecule has 128 valence electrons. The van der Waals surface area contributed by atoms with Crippen molar-refractivity contribution in [2.75, 3.05) is 20.6 Å². The second-order valence-corrected chi connectivity index (χ2v) is 6.13. The van der Waals surface area contributed by atoms with E-state index in [2.05, 4.69) is 10.3 Å². The van der Waals surface area contributed by atoms with Gasteiger partial charge in [0.25, 0.3) is 5.91 Å². The molecule has 0 aliphatic carbocycles. The second kappa shape index (κ2) is 7.40. The van der Waals surface area contributed by atoms with E-state index in [0.717, 1.165) is 16.5 Å². The molecule has 0 fully saturated rings. The molecule has 0 saturated heterocycles. The molecule has 0 bridgehead atoms. The monoisotopic (exact) mass is 337 g/mol. The number of halogens is 1. The summed E-state index contributed by atoms with van der Waals surface area (Å²) in [7, 11) is 3.80. The maximum absolute atomic E-state index is 13.5. The lowest BCUT2D eigenvalue weighted by atomic mass is 10.1. The number of fused-ring (bicyclic) bond motifs is 1. The van der Waals surface area contributed by atoms with Crippen LogP contribution in [0.2, 0.25) is 0 Å². The molecule has 3 aromatic rings. The predicted molar refractivity (Wildman–Crippen MR) is 96.9 cm³/mol. The highest BCUT2D eigenvalue weighted by Crippen LogP contribution is 2.18. The highest BCUT2D eigenvalue weighted by atomic mass is 19.1. The Morgan fingerprint density at radius 3 is 2.68 bits per heavy atom. The lowest BCUT2D eigenvalue weighted by Gasteiger charge is -2.25. The predicted octanol–water partition coefficient (Wildman–Crippen LogP) is 3.41. The van der Waals surface area contributed by atoms with Gasteiger partial charge in [-0.15, -0.1) is 0 Å². The lowest BCUT2D eigenvalue weighted by molar-refractivity contribution is 0.0937. The molecule has 1 amide bonds. The van der Waals surface area contributed by atoms with Gasteiger partial charge in [0.2, 0.25) is 0 Å². The van der Waals surface area contributed by atoms with Crippen molar-refractivity contribution in [1.82, 2.24) is 15.2 Å². The van der Waals surface area contributed by atoms with Crippen molar-refractivity contribution in [2.45, 2.75) is 6.04 Å². The normalized spacial score (nSPS) is 12.3. The van der Waals surface area contributed by atoms with Gasteiger partial charge < -0.3 is 10.2 Å². The Labute approximate surface area is 146 Å². The number of carbonyl (C=O) groups is 1. The molecule has 3 rings (SSSR count). The third-order valence-electron chi connectivity index (χ3n) is 4.14. The van der Waals surface area contributed by atoms with Crippen LogP contribution in [0.15, 0.2) is 60.7 Å². The summed E-state index contributed by atoms with van der Waals surface area (Å²) in [5.41, 5.74) is 1.97. The van der Waals surface area contributed by atoms with Gasteiger partial charge >= 0.3 is 0 Å². The second-order valence-electron chi connectivity index (χ2n) is 6.13. The van der Waals surface area contributed by atoms with Gasteiger partial charge in [-0.1, -0.05) is 36.4 Å². The van der Waals surface area contributed by atoms with Crippen LogP contribution in [0.4, 0.5) is 4.39 Å². The van der Waals surface area contributed by atoms with Gasteiger partial charge in [-0.05, 0) is 43.9 Å². The van der Waals surface area contributed by atoms with Gasteiger partial charge in [0.05, 0.1) is 11.6 Å². The maximum Gasteiger partial charge on any atom is 0.269 e. The molecular formula is C20H20FN3O. The summed E-state index contributed by atoms with van der Waals surface area (Å²) in [4.78, 5) is 18.8. The van der Waals surface area contributed by atoms with Crippen molar-refractivity contribution >= 4 is 16.8 Å². The quantitative estimate of drug-likeness (QED) is 0.776. The van der Waals surface area contributed by atoms with Crippen LogP contribution >= 0.6 is 0 Å². The van der Waals surface area contributed by atoms with Crippen LogP contribution in [0.3, 0.4) is 0 Å². The molecule has 25 heavy (non-hydrogen) atoms. The number of carbonyl (C=O) groups excluding carboxylic acids is 1. The molecule has 1 heterocycles. The SMILES string of the molecule is CN(C)[C@@H](CNC(=O)c1ccc2ccccc2n1)c1cccc(F)c1. The maximum atomic E-state index is 13.5. The number of hydrogen-bond donors (Lipinski definition) is 1. The van der Waals surface area contributed by atoms with E-state index in [9.17, 15) is 9.18 Å². The van der Waals surface area contributed by atoms with Gasteiger partial charge in [-0.2, -0.15) is 0 Å². The topological polar surface area (TPSA) is 45.2 Å². The Bertz CT molecular complexity index is 895. The standard InChI is InChI=1S/C20H20FN3O/c1-24(2)19(15-7-5-8-16(21)12-15)13-22-20(25)18-11-10-14-6-3-4-9-17(14)23-18/h3-12,19H,13H2,1-2H3,(H,22,25)/t19-/m0/s1. The fourth-order valence-electron chi connectivity index (χ4n) is 2.78. The van der Waals surface area contributed by atoms with E-state index in [1.165, 1.54) is 12.1 Å². The average molecular weight is 337 g/mol. The first kappa shape index (κ1) is 17.0. The van der Waals surface area contributed by atoms with Crippen LogP contribution in [-0.2, 0) is 0 Å². The summed E-state index contributed by atoms with van der Waals surface area (Å²) in [6.07, 6.45) is 0. The van der Waals surface area contributed by atoms with Gasteiger partial charge in [-0.3, -0.25) is 4.79 Å². The number of aromatic nitrogens is 1. The molecule has 0 unspecified atom stereocenters. The molecule has 4 nitrogen and oxygen atoms in total. The highest BCUT2D eigenvalue weighted by molar-refractivity contribution is 5.94. The molecule has 0 radical (unpaired) electrons. The van der Waals surface area contributed by atoms with Crippen LogP contribution in [-0.4, -0.2) is 36.4 Å². The zero-order chi connectivity index (χ0) is 17.8. The number of para-hydroxylation sites is 1. The molecule has 1 aromatic heterocycles. The Kier molecular flexibility index (Phi) is 5.05. The Hall–Kier alpha value is -2.79. The molecule has 5 heteroatoms. The Morgan fingerprint density at radius 2 is 1.92 bits per heavy atom. The van der Waals surface area contributed by atoms with Crippen molar-refractivity contribution in [3.8, 4) is 0 Å². The Morgan fingerprint density at radius 1 is 1.12 bits per heavy atom. The number of nitrogens with zero attached hydrogens (tertiary/aromatic N) is 2. The molecule has 1 N–H and O–H groups in total. The summed E-state index contributed by atoms with van der Waals surface area (Å²) < 4.78 is 13.5. The van der Waals surface area contributed by atoms with Crippen molar-refractivity contribution in [2.24, 2.45) is 0 Å². The van der Waals surface area contributed by atoms with E-state index in [4.69, 9.17) is 0 Å². The van der Waals surface area contributed by atoms with Crippen LogP contribution in [0.25, 0.3) is 10.9 Å². The minimum absolute atomic E-state index is 0.125. The van der Waals surface area contributed by atoms with Gasteiger partial charge in [0.15, 0.2) is 0 Å². The smallest absolute Gasteiger partial charge is 0.269 e. The number of pyridine rings is 1. The van der Waals surface area contributed by atoms with Gasteiger partial charge in [0, 0.05) is 11.9 Å². The minimum Gasteiger partial charge on any atom is -0.349 e. The van der Waals surface area contributed by atoms with Crippen LogP contribution in [0.1, 0.15) is 22.1 Å². The molecular weight excluding hydrogens is 317 g/mol. The first-order chi connectivity index (χ1) is 12.0. The number of likely N-dealkylation sites (N-methyl/N-ethyl adjacent to an activating group) is 1. The number of rotatable bonds is 5. The van der Waals surface area contributed by atoms with Crippen molar-refractivity contribution in [3.05, 3.63) is 77.7 Å². The van der Waals surface area contributed by atoms with E-state index >= 15 is 0 Å². The third kappa shape index (κ3) is 4.00. The van der Waals surface area contributed by atoms with Crippen molar-refractivity contribution < 1.29 is 9.18 Å². The van der Waals surface area contributed by atoms with E-state index < -0.39 is 0 Å². The first-order valence-electron chi connectivity index (χ1n) is 8.10. The number of nitrogens with one attached hydrogen (secondary N) is 1. The molecule has 2 aromatic carbocycles. The summed E-state index contributed by atoms with van der Waals surface area (Å²) >= 11 is 0. The van der Waals surface area contributed by atoms with E-state index in [-0.39, 0.29) is 17.8 Å². The first-order valence-corrected chi connectivity index (χ1v) is 8.10. The van der Waals surface area contributed by atoms with Gasteiger partial charge in [-0.25, -0.2) is 9.37 Å². The minimum atomic E-state index is -0.285. The van der Waals surface area contributed by atoms with Crippen LogP contribution in [0.5, 0.6) is 0 Å². The summed E-state index contributed by atoms with van der Waals surface area (Å²) in [6, 6.07) is 17.6. The molecule has 0 aliphatic rings. The summed E-state index contributed by atoms with van der Waals surface area (Å²) in [6.45, 7) is 0.365. The average Bonchev–Trinajstić information content (AvgIpc) is 2.61. The summed E-state index contributed by atoms with van der Waals surface area (Å²) in [5.74, 6) is -0.527. The zero-order valence-corrected chi connectivity index (χ0v) is 14.2. The molecule has 0 spiro atoms. The Balaban J connectivity index is 1.74. The number of amides is 1. The third-order valence-corrected chi connectivity index (χ3v) is 4.14. The molecule has 0 aliphatic heterocycles. The largest absolute Gasteiger partial charge is 0.349 e. The zero-order valence-electron chi connectivity index (χ0n) is 14.2. The van der Waals surface area contributed by atoms with E-state index in [1.807, 2.05) is 55.4 Å². The molecule has 0 saturated carbocycles. The summed E-state index contributed by atoms with van der Waals surface area (Å²) in [5, 5.41) is 3.89. The highest BCUT2D eigenvalue weighted by Gasteiger charge is 2.17. The number of hydrogen-bond acceptors (Lipinski definition) is 3. The van der Waals surface area contributed by atoms with Crippen molar-refractivity contribution in [1.29, 1.82) is 0 Å². The van der Waals surface area contributed by atoms with Crippen LogP contribution in [0, 0.1) is 5.82 Å². The van der Waals surface area contributed by atoms with E-state index in [1.54, 1.807) is 12.1 Å². The van der Waals surface area contributed by atoms with Crippen molar-refractivity contribution in [3.63, 3.8) is 0 Å². The lowest BCUT2D eigenvalue weighted by Crippen LogP contribution is -2.35. The fourth-order valence-corrected chi connectivity index (χ4v) is 2.78. The molecule has 1 atom stereocenters. The van der Waals surface area contributed by atoms with Gasteiger partial charge in [0.1, 0.15) is 11.5 Å².